The van der Waals surface area contributed by atoms with Crippen molar-refractivity contribution in [2.24, 2.45) is 0 Å². The fraction of sp³-hybridized carbons (Fsp3) is 0.0526. The molecule has 136 valence electrons. The van der Waals surface area contributed by atoms with Crippen LogP contribution in [0.4, 0.5) is 23.0 Å². The summed E-state index contributed by atoms with van der Waals surface area (Å²) >= 11 is 5.81. The standard InChI is InChI=1S/C19H16ClN5O2/c1-12(26)21-15-3-2-4-16(11-15)22-17-9-10-18(25-24-17)23-19(27)13-5-7-14(20)8-6-13/h2-11H,1H3,(H,21,26)(H,22,24)(H,23,25,27). The average Bonchev–Trinajstić information content (AvgIpc) is 2.63. The molecule has 27 heavy (non-hydrogen) atoms. The summed E-state index contributed by atoms with van der Waals surface area (Å²) in [4.78, 5) is 23.3. The van der Waals surface area contributed by atoms with Gasteiger partial charge in [-0.1, -0.05) is 17.7 Å². The first-order chi connectivity index (χ1) is 13.0. The van der Waals surface area contributed by atoms with Crippen LogP contribution in [0, 0.1) is 0 Å². The van der Waals surface area contributed by atoms with Gasteiger partial charge in [-0.25, -0.2) is 0 Å². The van der Waals surface area contributed by atoms with Crippen LogP contribution in [0.5, 0.6) is 0 Å². The molecule has 0 atom stereocenters. The number of carbonyl (C=O) groups excluding carboxylic acids is 2. The van der Waals surface area contributed by atoms with Gasteiger partial charge in [0.25, 0.3) is 5.91 Å². The zero-order valence-corrected chi connectivity index (χ0v) is 15.1. The van der Waals surface area contributed by atoms with Gasteiger partial charge >= 0.3 is 0 Å². The number of aromatic nitrogens is 2. The van der Waals surface area contributed by atoms with E-state index in [4.69, 9.17) is 11.6 Å². The molecule has 0 unspecified atom stereocenters. The van der Waals surface area contributed by atoms with Crippen LogP contribution in [0.15, 0.2) is 60.7 Å². The Bertz CT molecular complexity index is 959. The van der Waals surface area contributed by atoms with E-state index in [0.29, 0.717) is 27.9 Å². The number of hydrogen-bond acceptors (Lipinski definition) is 5. The second-order valence-corrected chi connectivity index (χ2v) is 6.09. The molecule has 3 rings (SSSR count). The number of benzene rings is 2. The third-order valence-corrected chi connectivity index (χ3v) is 3.72. The molecule has 0 saturated heterocycles. The fourth-order valence-electron chi connectivity index (χ4n) is 2.28. The SMILES string of the molecule is CC(=O)Nc1cccc(Nc2ccc(NC(=O)c3ccc(Cl)cc3)nn2)c1. The van der Waals surface area contributed by atoms with Crippen LogP contribution < -0.4 is 16.0 Å². The third-order valence-electron chi connectivity index (χ3n) is 3.47. The maximum atomic E-state index is 12.2. The van der Waals surface area contributed by atoms with Gasteiger partial charge in [0.15, 0.2) is 11.6 Å². The quantitative estimate of drug-likeness (QED) is 0.618. The number of nitrogens with zero attached hydrogens (tertiary/aromatic N) is 2. The lowest BCUT2D eigenvalue weighted by atomic mass is 10.2. The number of rotatable bonds is 5. The van der Waals surface area contributed by atoms with Gasteiger partial charge in [-0.15, -0.1) is 10.2 Å². The van der Waals surface area contributed by atoms with Crippen molar-refractivity contribution in [2.45, 2.75) is 6.92 Å². The fourth-order valence-corrected chi connectivity index (χ4v) is 2.41. The molecule has 3 N–H and O–H groups in total. The predicted octanol–water partition coefficient (Wildman–Crippen LogP) is 4.08. The van der Waals surface area contributed by atoms with Crippen LogP contribution in [0.1, 0.15) is 17.3 Å². The van der Waals surface area contributed by atoms with Gasteiger partial charge in [-0.2, -0.15) is 0 Å². The van der Waals surface area contributed by atoms with Crippen LogP contribution in [0.3, 0.4) is 0 Å². The molecule has 0 fully saturated rings. The lowest BCUT2D eigenvalue weighted by Crippen LogP contribution is -2.13. The van der Waals surface area contributed by atoms with Crippen LogP contribution in [0.2, 0.25) is 5.02 Å². The highest BCUT2D eigenvalue weighted by Crippen LogP contribution is 2.19. The molecular formula is C19H16ClN5O2. The molecule has 0 bridgehead atoms. The molecule has 0 aliphatic rings. The van der Waals surface area contributed by atoms with Gasteiger partial charge in [-0.05, 0) is 54.6 Å². The van der Waals surface area contributed by atoms with Gasteiger partial charge in [0.1, 0.15) is 0 Å². The molecule has 3 aromatic rings. The minimum Gasteiger partial charge on any atom is -0.339 e. The number of halogens is 1. The van der Waals surface area contributed by atoms with Gasteiger partial charge in [0.05, 0.1) is 0 Å². The number of carbonyl (C=O) groups is 2. The van der Waals surface area contributed by atoms with E-state index in [-0.39, 0.29) is 11.8 Å². The summed E-state index contributed by atoms with van der Waals surface area (Å²) in [7, 11) is 0. The van der Waals surface area contributed by atoms with E-state index in [2.05, 4.69) is 26.1 Å². The summed E-state index contributed by atoms with van der Waals surface area (Å²) in [6.07, 6.45) is 0. The first-order valence-electron chi connectivity index (χ1n) is 8.05. The maximum absolute atomic E-state index is 12.2. The maximum Gasteiger partial charge on any atom is 0.256 e. The van der Waals surface area contributed by atoms with Crippen molar-refractivity contribution >= 4 is 46.4 Å². The first kappa shape index (κ1) is 18.3. The van der Waals surface area contributed by atoms with Crippen LogP contribution >= 0.6 is 11.6 Å². The Labute approximate surface area is 160 Å². The molecule has 0 saturated carbocycles. The normalized spacial score (nSPS) is 10.1. The summed E-state index contributed by atoms with van der Waals surface area (Å²) in [5.41, 5.74) is 1.89. The van der Waals surface area contributed by atoms with Gasteiger partial charge < -0.3 is 16.0 Å². The Morgan fingerprint density at radius 2 is 1.52 bits per heavy atom. The second-order valence-electron chi connectivity index (χ2n) is 5.65. The zero-order chi connectivity index (χ0) is 19.2. The summed E-state index contributed by atoms with van der Waals surface area (Å²) in [6, 6.07) is 17.1. The van der Waals surface area contributed by atoms with Crippen molar-refractivity contribution in [3.05, 3.63) is 71.2 Å². The number of hydrogen-bond donors (Lipinski definition) is 3. The largest absolute Gasteiger partial charge is 0.339 e. The topological polar surface area (TPSA) is 96.0 Å². The highest BCUT2D eigenvalue weighted by molar-refractivity contribution is 6.30. The van der Waals surface area contributed by atoms with E-state index in [9.17, 15) is 9.59 Å². The minimum absolute atomic E-state index is 0.146. The molecule has 1 heterocycles. The van der Waals surface area contributed by atoms with Crippen molar-refractivity contribution < 1.29 is 9.59 Å². The van der Waals surface area contributed by atoms with E-state index >= 15 is 0 Å². The van der Waals surface area contributed by atoms with E-state index in [1.807, 2.05) is 12.1 Å². The molecule has 0 spiro atoms. The lowest BCUT2D eigenvalue weighted by molar-refractivity contribution is -0.114. The highest BCUT2D eigenvalue weighted by atomic mass is 35.5. The van der Waals surface area contributed by atoms with Crippen LogP contribution in [-0.2, 0) is 4.79 Å². The summed E-state index contributed by atoms with van der Waals surface area (Å²) in [6.45, 7) is 1.45. The molecule has 2 amide bonds. The molecule has 0 radical (unpaired) electrons. The van der Waals surface area contributed by atoms with Crippen molar-refractivity contribution in [3.63, 3.8) is 0 Å². The monoisotopic (exact) mass is 381 g/mol. The summed E-state index contributed by atoms with van der Waals surface area (Å²) < 4.78 is 0. The van der Waals surface area contributed by atoms with Crippen LogP contribution in [0.25, 0.3) is 0 Å². The van der Waals surface area contributed by atoms with Gasteiger partial charge in [0.2, 0.25) is 5.91 Å². The third kappa shape index (κ3) is 5.26. The molecular weight excluding hydrogens is 366 g/mol. The molecule has 1 aromatic heterocycles. The summed E-state index contributed by atoms with van der Waals surface area (Å²) in [5.74, 6) is 0.379. The van der Waals surface area contributed by atoms with Crippen molar-refractivity contribution in [1.82, 2.24) is 10.2 Å². The first-order valence-corrected chi connectivity index (χ1v) is 8.43. The second kappa shape index (κ2) is 8.29. The lowest BCUT2D eigenvalue weighted by Gasteiger charge is -2.08. The average molecular weight is 382 g/mol. The Morgan fingerprint density at radius 3 is 2.19 bits per heavy atom. The molecule has 0 aliphatic carbocycles. The van der Waals surface area contributed by atoms with E-state index in [1.54, 1.807) is 48.5 Å². The Morgan fingerprint density at radius 1 is 0.852 bits per heavy atom. The highest BCUT2D eigenvalue weighted by Gasteiger charge is 2.07. The predicted molar refractivity (Wildman–Crippen MR) is 105 cm³/mol. The smallest absolute Gasteiger partial charge is 0.256 e. The number of amides is 2. The Balaban J connectivity index is 1.64. The van der Waals surface area contributed by atoms with E-state index in [0.717, 1.165) is 5.69 Å². The molecule has 7 nitrogen and oxygen atoms in total. The van der Waals surface area contributed by atoms with E-state index in [1.165, 1.54) is 6.92 Å². The minimum atomic E-state index is -0.301. The molecule has 8 heteroatoms. The van der Waals surface area contributed by atoms with Crippen molar-refractivity contribution in [3.8, 4) is 0 Å². The van der Waals surface area contributed by atoms with Gasteiger partial charge in [0, 0.05) is 28.9 Å². The zero-order valence-electron chi connectivity index (χ0n) is 14.4. The number of nitrogens with one attached hydrogen (secondary N) is 3. The molecule has 2 aromatic carbocycles. The van der Waals surface area contributed by atoms with Crippen molar-refractivity contribution in [1.29, 1.82) is 0 Å². The van der Waals surface area contributed by atoms with Gasteiger partial charge in [-0.3, -0.25) is 9.59 Å². The Hall–Kier alpha value is -3.45. The van der Waals surface area contributed by atoms with E-state index < -0.39 is 0 Å². The summed E-state index contributed by atoms with van der Waals surface area (Å²) in [5, 5.41) is 17.1. The van der Waals surface area contributed by atoms with Crippen LogP contribution in [-0.4, -0.2) is 22.0 Å². The number of anilines is 4. The van der Waals surface area contributed by atoms with Crippen molar-refractivity contribution in [2.75, 3.05) is 16.0 Å². The molecule has 0 aliphatic heterocycles. The Kier molecular flexibility index (Phi) is 5.63.